The van der Waals surface area contributed by atoms with Crippen LogP contribution in [-0.2, 0) is 6.54 Å². The summed E-state index contributed by atoms with van der Waals surface area (Å²) in [6.45, 7) is 7.70. The van der Waals surface area contributed by atoms with Gasteiger partial charge in [-0.15, -0.1) is 0 Å². The molecule has 1 rings (SSSR count). The number of rotatable bonds is 5. The molecule has 0 unspecified atom stereocenters. The molecule has 1 heterocycles. The van der Waals surface area contributed by atoms with Crippen LogP contribution in [0.3, 0.4) is 0 Å². The molecule has 0 fully saturated rings. The monoisotopic (exact) mass is 220 g/mol. The maximum Gasteiger partial charge on any atom is 0.0547 e. The molecule has 0 amide bonds. The number of hydrogen-bond donors (Lipinski definition) is 0. The molecule has 1 aromatic heterocycles. The van der Waals surface area contributed by atoms with Gasteiger partial charge in [0.05, 0.1) is 5.69 Å². The summed E-state index contributed by atoms with van der Waals surface area (Å²) in [5.41, 5.74) is 2.42. The molecule has 0 bridgehead atoms. The van der Waals surface area contributed by atoms with Gasteiger partial charge in [0.15, 0.2) is 0 Å². The van der Waals surface area contributed by atoms with Gasteiger partial charge in [-0.2, -0.15) is 0 Å². The highest BCUT2D eigenvalue weighted by Gasteiger charge is 2.15. The van der Waals surface area contributed by atoms with Crippen molar-refractivity contribution in [2.45, 2.75) is 39.7 Å². The van der Waals surface area contributed by atoms with E-state index < -0.39 is 0 Å². The SMILES string of the molecule is CC[C@H](c1cccc(CN(C)C)n1)C(C)C. The van der Waals surface area contributed by atoms with Crippen molar-refractivity contribution in [1.29, 1.82) is 0 Å². The normalized spacial score (nSPS) is 13.4. The average Bonchev–Trinajstić information content (AvgIpc) is 2.17. The van der Waals surface area contributed by atoms with Crippen LogP contribution in [0.15, 0.2) is 18.2 Å². The van der Waals surface area contributed by atoms with Gasteiger partial charge in [0.2, 0.25) is 0 Å². The molecule has 0 aliphatic carbocycles. The highest BCUT2D eigenvalue weighted by Crippen LogP contribution is 2.26. The molecular weight excluding hydrogens is 196 g/mol. The van der Waals surface area contributed by atoms with E-state index in [9.17, 15) is 0 Å². The first kappa shape index (κ1) is 13.2. The molecule has 0 aliphatic heterocycles. The van der Waals surface area contributed by atoms with Crippen LogP contribution >= 0.6 is 0 Å². The predicted octanol–water partition coefficient (Wildman–Crippen LogP) is 3.29. The summed E-state index contributed by atoms with van der Waals surface area (Å²) in [7, 11) is 4.15. The second-order valence-electron chi connectivity index (χ2n) is 5.05. The Morgan fingerprint density at radius 3 is 2.44 bits per heavy atom. The minimum absolute atomic E-state index is 0.585. The summed E-state index contributed by atoms with van der Waals surface area (Å²) in [6, 6.07) is 6.40. The largest absolute Gasteiger partial charge is 0.304 e. The third kappa shape index (κ3) is 3.60. The fourth-order valence-corrected chi connectivity index (χ4v) is 2.14. The van der Waals surface area contributed by atoms with Crippen molar-refractivity contribution in [3.8, 4) is 0 Å². The Kier molecular flexibility index (Phi) is 4.94. The average molecular weight is 220 g/mol. The third-order valence-electron chi connectivity index (χ3n) is 2.93. The fraction of sp³-hybridized carbons (Fsp3) is 0.643. The third-order valence-corrected chi connectivity index (χ3v) is 2.93. The Morgan fingerprint density at radius 1 is 1.25 bits per heavy atom. The van der Waals surface area contributed by atoms with E-state index in [2.05, 4.69) is 58.0 Å². The molecule has 0 aromatic carbocycles. The molecule has 2 heteroatoms. The van der Waals surface area contributed by atoms with Crippen LogP contribution in [0.25, 0.3) is 0 Å². The zero-order valence-corrected chi connectivity index (χ0v) is 11.2. The van der Waals surface area contributed by atoms with Crippen LogP contribution in [0.5, 0.6) is 0 Å². The lowest BCUT2D eigenvalue weighted by Gasteiger charge is -2.19. The van der Waals surface area contributed by atoms with Crippen LogP contribution in [0.1, 0.15) is 44.5 Å². The summed E-state index contributed by atoms with van der Waals surface area (Å²) < 4.78 is 0. The van der Waals surface area contributed by atoms with Crippen molar-refractivity contribution >= 4 is 0 Å². The van der Waals surface area contributed by atoms with E-state index in [4.69, 9.17) is 4.98 Å². The summed E-state index contributed by atoms with van der Waals surface area (Å²) in [4.78, 5) is 6.92. The van der Waals surface area contributed by atoms with Crippen molar-refractivity contribution in [2.75, 3.05) is 14.1 Å². The predicted molar refractivity (Wildman–Crippen MR) is 69.5 cm³/mol. The summed E-state index contributed by atoms with van der Waals surface area (Å²) in [6.07, 6.45) is 1.16. The number of pyridine rings is 1. The first-order valence-corrected chi connectivity index (χ1v) is 6.15. The smallest absolute Gasteiger partial charge is 0.0547 e. The molecule has 16 heavy (non-hydrogen) atoms. The van der Waals surface area contributed by atoms with Gasteiger partial charge < -0.3 is 4.90 Å². The lowest BCUT2D eigenvalue weighted by atomic mass is 9.89. The van der Waals surface area contributed by atoms with E-state index in [1.54, 1.807) is 0 Å². The molecule has 90 valence electrons. The van der Waals surface area contributed by atoms with E-state index in [1.807, 2.05) is 0 Å². The van der Waals surface area contributed by atoms with Crippen LogP contribution in [0.4, 0.5) is 0 Å². The molecule has 0 N–H and O–H groups in total. The first-order valence-electron chi connectivity index (χ1n) is 6.15. The Balaban J connectivity index is 2.88. The van der Waals surface area contributed by atoms with Gasteiger partial charge in [0.1, 0.15) is 0 Å². The molecule has 0 aliphatic rings. The molecule has 0 saturated carbocycles. The van der Waals surface area contributed by atoms with Crippen LogP contribution in [0, 0.1) is 5.92 Å². The van der Waals surface area contributed by atoms with E-state index in [-0.39, 0.29) is 0 Å². The topological polar surface area (TPSA) is 16.1 Å². The number of nitrogens with zero attached hydrogens (tertiary/aromatic N) is 2. The maximum absolute atomic E-state index is 4.76. The lowest BCUT2D eigenvalue weighted by Crippen LogP contribution is -2.14. The van der Waals surface area contributed by atoms with E-state index >= 15 is 0 Å². The van der Waals surface area contributed by atoms with Gasteiger partial charge in [0, 0.05) is 18.2 Å². The van der Waals surface area contributed by atoms with Crippen LogP contribution in [-0.4, -0.2) is 24.0 Å². The standard InChI is InChI=1S/C14H24N2/c1-6-13(11(2)3)14-9-7-8-12(15-14)10-16(4)5/h7-9,11,13H,6,10H2,1-5H3/t13-/m0/s1. The molecule has 1 atom stereocenters. The Morgan fingerprint density at radius 2 is 1.94 bits per heavy atom. The minimum Gasteiger partial charge on any atom is -0.304 e. The van der Waals surface area contributed by atoms with Crippen molar-refractivity contribution in [2.24, 2.45) is 5.92 Å². The molecule has 0 saturated heterocycles. The molecule has 2 nitrogen and oxygen atoms in total. The molecule has 0 radical (unpaired) electrons. The second kappa shape index (κ2) is 6.00. The summed E-state index contributed by atoms with van der Waals surface area (Å²) in [5, 5.41) is 0. The van der Waals surface area contributed by atoms with E-state index in [1.165, 1.54) is 11.4 Å². The van der Waals surface area contributed by atoms with Crippen molar-refractivity contribution in [3.05, 3.63) is 29.6 Å². The van der Waals surface area contributed by atoms with Crippen molar-refractivity contribution in [3.63, 3.8) is 0 Å². The summed E-state index contributed by atoms with van der Waals surface area (Å²) >= 11 is 0. The zero-order valence-electron chi connectivity index (χ0n) is 11.2. The zero-order chi connectivity index (χ0) is 12.1. The van der Waals surface area contributed by atoms with E-state index in [0.717, 1.165) is 13.0 Å². The van der Waals surface area contributed by atoms with Crippen LogP contribution < -0.4 is 0 Å². The Bertz CT molecular complexity index is 318. The fourth-order valence-electron chi connectivity index (χ4n) is 2.14. The molecule has 0 spiro atoms. The van der Waals surface area contributed by atoms with Crippen LogP contribution in [0.2, 0.25) is 0 Å². The van der Waals surface area contributed by atoms with Crippen molar-refractivity contribution in [1.82, 2.24) is 9.88 Å². The maximum atomic E-state index is 4.76. The quantitative estimate of drug-likeness (QED) is 0.757. The highest BCUT2D eigenvalue weighted by molar-refractivity contribution is 5.15. The lowest BCUT2D eigenvalue weighted by molar-refractivity contribution is 0.394. The number of aromatic nitrogens is 1. The highest BCUT2D eigenvalue weighted by atomic mass is 15.1. The van der Waals surface area contributed by atoms with Gasteiger partial charge in [-0.25, -0.2) is 0 Å². The Labute approximate surface area is 99.7 Å². The molecule has 1 aromatic rings. The van der Waals surface area contributed by atoms with Gasteiger partial charge in [-0.05, 0) is 38.6 Å². The summed E-state index contributed by atoms with van der Waals surface area (Å²) in [5.74, 6) is 1.24. The van der Waals surface area contributed by atoms with Crippen molar-refractivity contribution < 1.29 is 0 Å². The van der Waals surface area contributed by atoms with E-state index in [0.29, 0.717) is 11.8 Å². The molecular formula is C14H24N2. The Hall–Kier alpha value is -0.890. The minimum atomic E-state index is 0.585. The second-order valence-corrected chi connectivity index (χ2v) is 5.05. The van der Waals surface area contributed by atoms with Gasteiger partial charge in [0.25, 0.3) is 0 Å². The van der Waals surface area contributed by atoms with Gasteiger partial charge >= 0.3 is 0 Å². The first-order chi connectivity index (χ1) is 7.54. The van der Waals surface area contributed by atoms with Gasteiger partial charge in [-0.1, -0.05) is 26.8 Å². The number of hydrogen-bond acceptors (Lipinski definition) is 2. The van der Waals surface area contributed by atoms with Gasteiger partial charge in [-0.3, -0.25) is 4.98 Å².